The molecular weight excluding hydrogens is 136 g/mol. The van der Waals surface area contributed by atoms with Crippen molar-refractivity contribution in [3.63, 3.8) is 0 Å². The van der Waals surface area contributed by atoms with Crippen LogP contribution in [-0.2, 0) is 14.3 Å². The highest BCUT2D eigenvalue weighted by atomic mass is 16.7. The average Bonchev–Trinajstić information content (AvgIpc) is 1.99. The molecule has 1 amide bonds. The van der Waals surface area contributed by atoms with Gasteiger partial charge in [-0.2, -0.15) is 0 Å². The van der Waals surface area contributed by atoms with E-state index < -0.39 is 6.41 Å². The third-order valence-electron chi connectivity index (χ3n) is 0.892. The van der Waals surface area contributed by atoms with E-state index in [0.717, 1.165) is 0 Å². The van der Waals surface area contributed by atoms with E-state index in [1.807, 2.05) is 0 Å². The zero-order chi connectivity index (χ0) is 7.98. The van der Waals surface area contributed by atoms with Crippen LogP contribution in [0.2, 0.25) is 0 Å². The number of ether oxygens (including phenoxy) is 2. The van der Waals surface area contributed by atoms with Gasteiger partial charge < -0.3 is 20.5 Å². The number of rotatable bonds is 4. The van der Waals surface area contributed by atoms with Gasteiger partial charge >= 0.3 is 0 Å². The van der Waals surface area contributed by atoms with E-state index >= 15 is 0 Å². The highest BCUT2D eigenvalue weighted by molar-refractivity contribution is 5.77. The minimum Gasteiger partial charge on any atom is -0.339 e. The monoisotopic (exact) mass is 148 g/mol. The van der Waals surface area contributed by atoms with E-state index in [9.17, 15) is 4.79 Å². The van der Waals surface area contributed by atoms with Crippen molar-refractivity contribution in [1.82, 2.24) is 5.32 Å². The SMILES string of the molecule is COC(NC(=O)CN)OC. The number of amides is 1. The quantitative estimate of drug-likeness (QED) is 0.483. The molecule has 0 aliphatic carbocycles. The minimum absolute atomic E-state index is 0.0663. The summed E-state index contributed by atoms with van der Waals surface area (Å²) in [6.45, 7) is -0.0663. The molecule has 3 N–H and O–H groups in total. The predicted molar refractivity (Wildman–Crippen MR) is 35.0 cm³/mol. The number of hydrogen-bond donors (Lipinski definition) is 2. The van der Waals surface area contributed by atoms with Crippen molar-refractivity contribution in [2.45, 2.75) is 6.41 Å². The van der Waals surface area contributed by atoms with Crippen molar-refractivity contribution in [1.29, 1.82) is 0 Å². The van der Waals surface area contributed by atoms with Crippen LogP contribution in [0.5, 0.6) is 0 Å². The van der Waals surface area contributed by atoms with Gasteiger partial charge in [0.05, 0.1) is 6.54 Å². The van der Waals surface area contributed by atoms with E-state index in [2.05, 4.69) is 14.8 Å². The largest absolute Gasteiger partial charge is 0.339 e. The molecule has 0 aliphatic heterocycles. The molecule has 0 aromatic rings. The summed E-state index contributed by atoms with van der Waals surface area (Å²) in [7, 11) is 2.84. The van der Waals surface area contributed by atoms with E-state index in [-0.39, 0.29) is 12.5 Å². The van der Waals surface area contributed by atoms with Gasteiger partial charge in [0.15, 0.2) is 0 Å². The molecule has 0 saturated carbocycles. The number of nitrogens with two attached hydrogens (primary N) is 1. The summed E-state index contributed by atoms with van der Waals surface area (Å²) in [5.41, 5.74) is 5.01. The molecule has 60 valence electrons. The lowest BCUT2D eigenvalue weighted by Crippen LogP contribution is -2.40. The van der Waals surface area contributed by atoms with Crippen molar-refractivity contribution in [3.8, 4) is 0 Å². The third kappa shape index (κ3) is 3.39. The smallest absolute Gasteiger partial charge is 0.239 e. The minimum atomic E-state index is -0.698. The lowest BCUT2D eigenvalue weighted by atomic mass is 10.6. The first-order valence-corrected chi connectivity index (χ1v) is 2.79. The number of carbonyl (C=O) groups is 1. The zero-order valence-corrected chi connectivity index (χ0v) is 6.09. The van der Waals surface area contributed by atoms with Gasteiger partial charge in [-0.3, -0.25) is 4.79 Å². The second-order valence-corrected chi connectivity index (χ2v) is 1.57. The fraction of sp³-hybridized carbons (Fsp3) is 0.800. The first kappa shape index (κ1) is 9.35. The molecule has 0 fully saturated rings. The number of methoxy groups -OCH3 is 2. The van der Waals surface area contributed by atoms with Crippen LogP contribution in [0.15, 0.2) is 0 Å². The molecular formula is C5H12N2O3. The van der Waals surface area contributed by atoms with Crippen LogP contribution < -0.4 is 11.1 Å². The van der Waals surface area contributed by atoms with Crippen LogP contribution >= 0.6 is 0 Å². The molecule has 0 saturated heterocycles. The van der Waals surface area contributed by atoms with E-state index in [1.54, 1.807) is 0 Å². The van der Waals surface area contributed by atoms with E-state index in [0.29, 0.717) is 0 Å². The predicted octanol–water partition coefficient (Wildman–Crippen LogP) is -1.36. The van der Waals surface area contributed by atoms with Gasteiger partial charge in [-0.1, -0.05) is 0 Å². The molecule has 0 radical (unpaired) electrons. The number of nitrogens with one attached hydrogen (secondary N) is 1. The maximum atomic E-state index is 10.5. The van der Waals surface area contributed by atoms with Crippen LogP contribution in [0.4, 0.5) is 0 Å². The maximum Gasteiger partial charge on any atom is 0.239 e. The third-order valence-corrected chi connectivity index (χ3v) is 0.892. The molecule has 0 spiro atoms. The van der Waals surface area contributed by atoms with Crippen molar-refractivity contribution < 1.29 is 14.3 Å². The van der Waals surface area contributed by atoms with Gasteiger partial charge in [0.25, 0.3) is 0 Å². The van der Waals surface area contributed by atoms with Gasteiger partial charge in [0.1, 0.15) is 0 Å². The molecule has 0 aromatic carbocycles. The van der Waals surface area contributed by atoms with Crippen LogP contribution in [0, 0.1) is 0 Å². The molecule has 0 aliphatic rings. The van der Waals surface area contributed by atoms with Crippen LogP contribution in [0.25, 0.3) is 0 Å². The number of hydrogen-bond acceptors (Lipinski definition) is 4. The van der Waals surface area contributed by atoms with Crippen LogP contribution in [0.1, 0.15) is 0 Å². The summed E-state index contributed by atoms with van der Waals surface area (Å²) in [4.78, 5) is 10.5. The fourth-order valence-electron chi connectivity index (χ4n) is 0.404. The van der Waals surface area contributed by atoms with Crippen LogP contribution in [0.3, 0.4) is 0 Å². The molecule has 5 heteroatoms. The summed E-state index contributed by atoms with van der Waals surface area (Å²) in [6, 6.07) is 0. The second-order valence-electron chi connectivity index (χ2n) is 1.57. The molecule has 0 heterocycles. The van der Waals surface area contributed by atoms with Gasteiger partial charge in [-0.15, -0.1) is 0 Å². The summed E-state index contributed by atoms with van der Waals surface area (Å²) >= 11 is 0. The summed E-state index contributed by atoms with van der Waals surface area (Å²) in [6.07, 6.45) is -0.698. The van der Waals surface area contributed by atoms with Gasteiger partial charge in [0, 0.05) is 14.2 Å². The first-order chi connectivity index (χ1) is 4.74. The van der Waals surface area contributed by atoms with E-state index in [4.69, 9.17) is 5.73 Å². The average molecular weight is 148 g/mol. The molecule has 0 atom stereocenters. The Hall–Kier alpha value is -0.650. The Morgan fingerprint density at radius 2 is 2.10 bits per heavy atom. The van der Waals surface area contributed by atoms with Crippen molar-refractivity contribution in [2.24, 2.45) is 5.73 Å². The zero-order valence-electron chi connectivity index (χ0n) is 6.09. The maximum absolute atomic E-state index is 10.5. The Balaban J connectivity index is 3.52. The molecule has 0 bridgehead atoms. The molecule has 10 heavy (non-hydrogen) atoms. The Morgan fingerprint density at radius 1 is 1.60 bits per heavy atom. The number of carbonyl (C=O) groups excluding carboxylic acids is 1. The van der Waals surface area contributed by atoms with Gasteiger partial charge in [-0.25, -0.2) is 0 Å². The highest BCUT2D eigenvalue weighted by Crippen LogP contribution is 1.82. The molecule has 0 aromatic heterocycles. The van der Waals surface area contributed by atoms with Gasteiger partial charge in [-0.05, 0) is 0 Å². The lowest BCUT2D eigenvalue weighted by molar-refractivity contribution is -0.147. The van der Waals surface area contributed by atoms with Crippen LogP contribution in [-0.4, -0.2) is 33.1 Å². The fourth-order valence-corrected chi connectivity index (χ4v) is 0.404. The molecule has 5 nitrogen and oxygen atoms in total. The first-order valence-electron chi connectivity index (χ1n) is 2.79. The molecule has 0 unspecified atom stereocenters. The Kier molecular flexibility index (Phi) is 4.82. The standard InChI is InChI=1S/C5H12N2O3/c1-9-5(10-2)7-4(8)3-6/h5H,3,6H2,1-2H3,(H,7,8). The Labute approximate surface area is 59.5 Å². The normalized spacial score (nSPS) is 10.0. The lowest BCUT2D eigenvalue weighted by Gasteiger charge is -2.13. The Morgan fingerprint density at radius 3 is 2.40 bits per heavy atom. The van der Waals surface area contributed by atoms with E-state index in [1.165, 1.54) is 14.2 Å². The summed E-state index contributed by atoms with van der Waals surface area (Å²) < 4.78 is 9.32. The second kappa shape index (κ2) is 5.16. The molecule has 0 rings (SSSR count). The van der Waals surface area contributed by atoms with Crippen molar-refractivity contribution >= 4 is 5.91 Å². The van der Waals surface area contributed by atoms with Gasteiger partial charge in [0.2, 0.25) is 12.3 Å². The van der Waals surface area contributed by atoms with Crippen molar-refractivity contribution in [2.75, 3.05) is 20.8 Å². The van der Waals surface area contributed by atoms with Crippen molar-refractivity contribution in [3.05, 3.63) is 0 Å². The topological polar surface area (TPSA) is 73.6 Å². The highest BCUT2D eigenvalue weighted by Gasteiger charge is 2.06. The summed E-state index contributed by atoms with van der Waals surface area (Å²) in [5, 5.41) is 2.36. The summed E-state index contributed by atoms with van der Waals surface area (Å²) in [5.74, 6) is -0.311. The Bertz CT molecular complexity index is 103.